The highest BCUT2D eigenvalue weighted by molar-refractivity contribution is 7.90. The predicted octanol–water partition coefficient (Wildman–Crippen LogP) is 1.39. The molecule has 0 saturated heterocycles. The summed E-state index contributed by atoms with van der Waals surface area (Å²) in [6.45, 7) is 0. The molecule has 0 spiro atoms. The summed E-state index contributed by atoms with van der Waals surface area (Å²) < 4.78 is 24.9. The summed E-state index contributed by atoms with van der Waals surface area (Å²) in [5.74, 6) is -0.600. The van der Waals surface area contributed by atoms with Gasteiger partial charge < -0.3 is 5.73 Å². The highest BCUT2D eigenvalue weighted by Gasteiger charge is 2.24. The van der Waals surface area contributed by atoms with Crippen molar-refractivity contribution in [1.82, 2.24) is 4.57 Å². The Hall–Kier alpha value is -1.93. The van der Waals surface area contributed by atoms with Crippen molar-refractivity contribution >= 4 is 27.1 Å². The Balaban J connectivity index is 2.40. The molecule has 2 rings (SSSR count). The van der Waals surface area contributed by atoms with Gasteiger partial charge in [0, 0.05) is 24.9 Å². The normalized spacial score (nSPS) is 13.0. The van der Waals surface area contributed by atoms with Crippen molar-refractivity contribution in [3.8, 4) is 11.1 Å². The molecule has 8 heteroatoms. The number of amides is 1. The van der Waals surface area contributed by atoms with Crippen LogP contribution in [0.4, 0.5) is 0 Å². The van der Waals surface area contributed by atoms with Crippen LogP contribution in [0.2, 0.25) is 0 Å². The van der Waals surface area contributed by atoms with Gasteiger partial charge in [-0.25, -0.2) is 8.42 Å². The van der Waals surface area contributed by atoms with E-state index >= 15 is 0 Å². The van der Waals surface area contributed by atoms with Crippen LogP contribution in [0.15, 0.2) is 40.0 Å². The number of pyridine rings is 1. The summed E-state index contributed by atoms with van der Waals surface area (Å²) in [5, 5.41) is 2.71. The first-order valence-electron chi connectivity index (χ1n) is 6.51. The van der Waals surface area contributed by atoms with E-state index in [1.54, 1.807) is 6.07 Å². The molecule has 6 nitrogen and oxygen atoms in total. The molecule has 0 aromatic carbocycles. The van der Waals surface area contributed by atoms with E-state index in [1.165, 1.54) is 23.6 Å². The second kappa shape index (κ2) is 6.45. The van der Waals surface area contributed by atoms with Crippen LogP contribution < -0.4 is 11.3 Å². The summed E-state index contributed by atoms with van der Waals surface area (Å²) in [7, 11) is -3.55. The summed E-state index contributed by atoms with van der Waals surface area (Å²) in [5.41, 5.74) is 6.27. The molecule has 2 N–H and O–H groups in total. The predicted molar refractivity (Wildman–Crippen MR) is 86.3 cm³/mol. The largest absolute Gasteiger partial charge is 0.370 e. The highest BCUT2D eigenvalue weighted by Crippen LogP contribution is 2.23. The van der Waals surface area contributed by atoms with E-state index in [1.807, 2.05) is 16.8 Å². The van der Waals surface area contributed by atoms with Gasteiger partial charge >= 0.3 is 0 Å². The van der Waals surface area contributed by atoms with Crippen LogP contribution in [0.1, 0.15) is 18.2 Å². The molecule has 0 aliphatic rings. The lowest BCUT2D eigenvalue weighted by Gasteiger charge is -2.17. The Morgan fingerprint density at radius 2 is 2.09 bits per heavy atom. The molecule has 2 heterocycles. The Morgan fingerprint density at radius 3 is 2.59 bits per heavy atom. The zero-order valence-corrected chi connectivity index (χ0v) is 13.6. The van der Waals surface area contributed by atoms with E-state index < -0.39 is 26.7 Å². The average molecular weight is 340 g/mol. The first-order chi connectivity index (χ1) is 10.3. The standard InChI is InChI=1S/C14H16N2O4S2/c1-22(19,20)14(3-2-12(15)17)16-6-4-10(8-13(16)18)11-5-7-21-9-11/h4-9,14H,2-3H2,1H3,(H2,15,17). The number of thiophene rings is 1. The lowest BCUT2D eigenvalue weighted by molar-refractivity contribution is -0.118. The molecule has 0 bridgehead atoms. The number of sulfone groups is 1. The quantitative estimate of drug-likeness (QED) is 0.859. The lowest BCUT2D eigenvalue weighted by atomic mass is 10.1. The molecular weight excluding hydrogens is 324 g/mol. The van der Waals surface area contributed by atoms with Crippen molar-refractivity contribution < 1.29 is 13.2 Å². The molecule has 0 radical (unpaired) electrons. The fraction of sp³-hybridized carbons (Fsp3) is 0.286. The van der Waals surface area contributed by atoms with E-state index in [4.69, 9.17) is 5.73 Å². The van der Waals surface area contributed by atoms with Crippen molar-refractivity contribution in [2.24, 2.45) is 5.73 Å². The Kier molecular flexibility index (Phi) is 4.82. The smallest absolute Gasteiger partial charge is 0.252 e. The van der Waals surface area contributed by atoms with E-state index in [0.29, 0.717) is 0 Å². The second-order valence-corrected chi connectivity index (χ2v) is 7.95. The van der Waals surface area contributed by atoms with Crippen molar-refractivity contribution in [3.63, 3.8) is 0 Å². The first kappa shape index (κ1) is 16.4. The molecule has 0 saturated carbocycles. The van der Waals surface area contributed by atoms with E-state index in [-0.39, 0.29) is 12.8 Å². The number of rotatable bonds is 6. The third kappa shape index (κ3) is 3.83. The summed E-state index contributed by atoms with van der Waals surface area (Å²) in [6, 6.07) is 4.96. The van der Waals surface area contributed by atoms with Gasteiger partial charge in [0.2, 0.25) is 5.91 Å². The van der Waals surface area contributed by atoms with Gasteiger partial charge in [-0.1, -0.05) is 0 Å². The molecule has 2 aromatic heterocycles. The average Bonchev–Trinajstić information content (AvgIpc) is 2.92. The fourth-order valence-corrected chi connectivity index (χ4v) is 3.96. The van der Waals surface area contributed by atoms with Gasteiger partial charge in [0.05, 0.1) is 0 Å². The number of hydrogen-bond donors (Lipinski definition) is 1. The van der Waals surface area contributed by atoms with Gasteiger partial charge in [-0.15, -0.1) is 0 Å². The molecule has 2 aromatic rings. The van der Waals surface area contributed by atoms with Crippen LogP contribution in [-0.2, 0) is 14.6 Å². The molecule has 1 atom stereocenters. The molecule has 0 aliphatic heterocycles. The van der Waals surface area contributed by atoms with E-state index in [9.17, 15) is 18.0 Å². The van der Waals surface area contributed by atoms with Crippen LogP contribution >= 0.6 is 11.3 Å². The number of carbonyl (C=O) groups excluding carboxylic acids is 1. The van der Waals surface area contributed by atoms with Crippen molar-refractivity contribution in [2.75, 3.05) is 6.26 Å². The SMILES string of the molecule is CS(=O)(=O)C(CCC(N)=O)n1ccc(-c2ccsc2)cc1=O. The highest BCUT2D eigenvalue weighted by atomic mass is 32.2. The number of hydrogen-bond acceptors (Lipinski definition) is 5. The molecule has 22 heavy (non-hydrogen) atoms. The zero-order chi connectivity index (χ0) is 16.3. The molecule has 118 valence electrons. The molecule has 1 amide bonds. The monoisotopic (exact) mass is 340 g/mol. The Labute approximate surface area is 132 Å². The van der Waals surface area contributed by atoms with Gasteiger partial charge in [-0.3, -0.25) is 14.2 Å². The van der Waals surface area contributed by atoms with Crippen LogP contribution in [0.25, 0.3) is 11.1 Å². The Bertz CT molecular complexity index is 823. The van der Waals surface area contributed by atoms with E-state index in [2.05, 4.69) is 0 Å². The number of nitrogens with zero attached hydrogens (tertiary/aromatic N) is 1. The van der Waals surface area contributed by atoms with Crippen molar-refractivity contribution in [1.29, 1.82) is 0 Å². The second-order valence-electron chi connectivity index (χ2n) is 4.96. The van der Waals surface area contributed by atoms with Crippen LogP contribution in [-0.4, -0.2) is 25.1 Å². The van der Waals surface area contributed by atoms with Crippen LogP contribution in [0.3, 0.4) is 0 Å². The van der Waals surface area contributed by atoms with Crippen molar-refractivity contribution in [3.05, 3.63) is 45.5 Å². The number of primary amides is 1. The summed E-state index contributed by atoms with van der Waals surface area (Å²) >= 11 is 1.51. The van der Waals surface area contributed by atoms with Gasteiger partial charge in [-0.2, -0.15) is 11.3 Å². The maximum atomic E-state index is 12.3. The third-order valence-corrected chi connectivity index (χ3v) is 5.38. The maximum absolute atomic E-state index is 12.3. The zero-order valence-electron chi connectivity index (χ0n) is 11.9. The van der Waals surface area contributed by atoms with Crippen molar-refractivity contribution in [2.45, 2.75) is 18.2 Å². The summed E-state index contributed by atoms with van der Waals surface area (Å²) in [6.07, 6.45) is 2.36. The van der Waals surface area contributed by atoms with Crippen LogP contribution in [0, 0.1) is 0 Å². The van der Waals surface area contributed by atoms with Gasteiger partial charge in [0.1, 0.15) is 5.37 Å². The molecule has 0 fully saturated rings. The molecular formula is C14H16N2O4S2. The molecule has 1 unspecified atom stereocenters. The summed E-state index contributed by atoms with van der Waals surface area (Å²) in [4.78, 5) is 23.2. The maximum Gasteiger partial charge on any atom is 0.252 e. The molecule has 0 aliphatic carbocycles. The van der Waals surface area contributed by atoms with E-state index in [0.717, 1.165) is 21.9 Å². The Morgan fingerprint density at radius 1 is 1.36 bits per heavy atom. The van der Waals surface area contributed by atoms with Gasteiger partial charge in [0.25, 0.3) is 5.56 Å². The van der Waals surface area contributed by atoms with Gasteiger partial charge in [-0.05, 0) is 40.4 Å². The number of aromatic nitrogens is 1. The fourth-order valence-electron chi connectivity index (χ4n) is 2.16. The third-order valence-electron chi connectivity index (χ3n) is 3.24. The minimum atomic E-state index is -3.55. The number of nitrogens with two attached hydrogens (primary N) is 1. The lowest BCUT2D eigenvalue weighted by Crippen LogP contribution is -2.29. The minimum absolute atomic E-state index is 0.0220. The van der Waals surface area contributed by atoms with Gasteiger partial charge in [0.15, 0.2) is 9.84 Å². The number of carbonyl (C=O) groups is 1. The van der Waals surface area contributed by atoms with Crippen LogP contribution in [0.5, 0.6) is 0 Å². The first-order valence-corrected chi connectivity index (χ1v) is 9.40. The minimum Gasteiger partial charge on any atom is -0.370 e. The topological polar surface area (TPSA) is 99.2 Å².